The highest BCUT2D eigenvalue weighted by Crippen LogP contribution is 2.21. The standard InChI is InChI=1S/C16H27N3O4/c1-12(15(21)22)10-17(2)14(20)13-6-5-9-19(11-13)16(23)18-7-3-4-8-18/h12-13H,3-11H2,1-2H3,(H,21,22). The molecule has 1 N–H and O–H groups in total. The Kier molecular flexibility index (Phi) is 5.85. The second-order valence-corrected chi connectivity index (χ2v) is 6.72. The summed E-state index contributed by atoms with van der Waals surface area (Å²) in [5.41, 5.74) is 0. The van der Waals surface area contributed by atoms with Crippen molar-refractivity contribution in [1.29, 1.82) is 0 Å². The molecule has 0 aromatic heterocycles. The van der Waals surface area contributed by atoms with Gasteiger partial charge in [-0.05, 0) is 25.7 Å². The van der Waals surface area contributed by atoms with Gasteiger partial charge < -0.3 is 19.8 Å². The first-order chi connectivity index (χ1) is 10.9. The molecule has 2 heterocycles. The second kappa shape index (κ2) is 7.66. The molecule has 2 rings (SSSR count). The zero-order valence-corrected chi connectivity index (χ0v) is 14.0. The van der Waals surface area contributed by atoms with Gasteiger partial charge >= 0.3 is 12.0 Å². The third-order valence-electron chi connectivity index (χ3n) is 4.76. The molecule has 7 nitrogen and oxygen atoms in total. The summed E-state index contributed by atoms with van der Waals surface area (Å²) in [5.74, 6) is -1.77. The molecule has 0 saturated carbocycles. The molecule has 2 fully saturated rings. The molecule has 2 aliphatic heterocycles. The molecular formula is C16H27N3O4. The summed E-state index contributed by atoms with van der Waals surface area (Å²) < 4.78 is 0. The molecule has 2 atom stereocenters. The van der Waals surface area contributed by atoms with Crippen LogP contribution >= 0.6 is 0 Å². The molecule has 0 aromatic rings. The van der Waals surface area contributed by atoms with Crippen LogP contribution in [-0.4, -0.2) is 77.5 Å². The van der Waals surface area contributed by atoms with Gasteiger partial charge in [0.1, 0.15) is 0 Å². The first-order valence-corrected chi connectivity index (χ1v) is 8.41. The number of hydrogen-bond donors (Lipinski definition) is 1. The van der Waals surface area contributed by atoms with Crippen molar-refractivity contribution in [1.82, 2.24) is 14.7 Å². The number of nitrogens with zero attached hydrogens (tertiary/aromatic N) is 3. The van der Waals surface area contributed by atoms with Gasteiger partial charge in [0.2, 0.25) is 5.91 Å². The van der Waals surface area contributed by atoms with Crippen LogP contribution in [0.25, 0.3) is 0 Å². The molecule has 2 unspecified atom stereocenters. The van der Waals surface area contributed by atoms with Crippen LogP contribution in [0.15, 0.2) is 0 Å². The van der Waals surface area contributed by atoms with E-state index in [0.717, 1.165) is 38.8 Å². The first kappa shape index (κ1) is 17.6. The van der Waals surface area contributed by atoms with E-state index in [1.165, 1.54) is 4.90 Å². The van der Waals surface area contributed by atoms with E-state index in [1.807, 2.05) is 4.90 Å². The van der Waals surface area contributed by atoms with E-state index < -0.39 is 11.9 Å². The van der Waals surface area contributed by atoms with Gasteiger partial charge in [0, 0.05) is 39.8 Å². The van der Waals surface area contributed by atoms with Gasteiger partial charge in [0.05, 0.1) is 11.8 Å². The number of piperidine rings is 1. The average molecular weight is 325 g/mol. The van der Waals surface area contributed by atoms with Crippen molar-refractivity contribution in [2.45, 2.75) is 32.6 Å². The van der Waals surface area contributed by atoms with E-state index in [4.69, 9.17) is 5.11 Å². The third-order valence-corrected chi connectivity index (χ3v) is 4.76. The predicted octanol–water partition coefficient (Wildman–Crippen LogP) is 1.09. The second-order valence-electron chi connectivity index (χ2n) is 6.72. The highest BCUT2D eigenvalue weighted by atomic mass is 16.4. The number of carboxylic acids is 1. The van der Waals surface area contributed by atoms with Crippen LogP contribution in [0.5, 0.6) is 0 Å². The summed E-state index contributed by atoms with van der Waals surface area (Å²) in [4.78, 5) is 41.0. The monoisotopic (exact) mass is 325 g/mol. The Morgan fingerprint density at radius 1 is 1.13 bits per heavy atom. The smallest absolute Gasteiger partial charge is 0.320 e. The van der Waals surface area contributed by atoms with E-state index >= 15 is 0 Å². The quantitative estimate of drug-likeness (QED) is 0.839. The Morgan fingerprint density at radius 3 is 2.35 bits per heavy atom. The van der Waals surface area contributed by atoms with Gasteiger partial charge in [-0.1, -0.05) is 6.92 Å². The minimum atomic E-state index is -0.904. The summed E-state index contributed by atoms with van der Waals surface area (Å²) in [6, 6.07) is 0.0431. The summed E-state index contributed by atoms with van der Waals surface area (Å²) in [6.07, 6.45) is 3.68. The summed E-state index contributed by atoms with van der Waals surface area (Å²) >= 11 is 0. The molecule has 130 valence electrons. The van der Waals surface area contributed by atoms with Crippen LogP contribution in [0.1, 0.15) is 32.6 Å². The van der Waals surface area contributed by atoms with Crippen LogP contribution in [0.4, 0.5) is 4.79 Å². The maximum Gasteiger partial charge on any atom is 0.320 e. The molecule has 0 aromatic carbocycles. The normalized spacial score (nSPS) is 22.8. The fourth-order valence-electron chi connectivity index (χ4n) is 3.35. The topological polar surface area (TPSA) is 81.2 Å². The SMILES string of the molecule is CC(CN(C)C(=O)C1CCCN(C(=O)N2CCCC2)C1)C(=O)O. The van der Waals surface area contributed by atoms with Crippen LogP contribution < -0.4 is 0 Å². The van der Waals surface area contributed by atoms with Crippen LogP contribution in [0.3, 0.4) is 0 Å². The van der Waals surface area contributed by atoms with Crippen molar-refractivity contribution in [2.24, 2.45) is 11.8 Å². The number of carbonyl (C=O) groups excluding carboxylic acids is 2. The van der Waals surface area contributed by atoms with Crippen LogP contribution in [-0.2, 0) is 9.59 Å². The summed E-state index contributed by atoms with van der Waals surface area (Å²) in [7, 11) is 1.64. The lowest BCUT2D eigenvalue weighted by atomic mass is 9.96. The molecule has 0 spiro atoms. The minimum Gasteiger partial charge on any atom is -0.481 e. The Balaban J connectivity index is 1.90. The highest BCUT2D eigenvalue weighted by Gasteiger charge is 2.33. The maximum absolute atomic E-state index is 12.5. The lowest BCUT2D eigenvalue weighted by Crippen LogP contribution is -2.50. The molecule has 0 aliphatic carbocycles. The fourth-order valence-corrected chi connectivity index (χ4v) is 3.35. The van der Waals surface area contributed by atoms with Crippen molar-refractivity contribution in [3.63, 3.8) is 0 Å². The van der Waals surface area contributed by atoms with E-state index in [0.29, 0.717) is 13.1 Å². The van der Waals surface area contributed by atoms with Gasteiger partial charge in [0.25, 0.3) is 0 Å². The van der Waals surface area contributed by atoms with Crippen molar-refractivity contribution in [2.75, 3.05) is 39.8 Å². The molecule has 7 heteroatoms. The molecule has 2 saturated heterocycles. The molecule has 0 radical (unpaired) electrons. The zero-order chi connectivity index (χ0) is 17.0. The van der Waals surface area contributed by atoms with E-state index in [1.54, 1.807) is 18.9 Å². The van der Waals surface area contributed by atoms with Crippen molar-refractivity contribution >= 4 is 17.9 Å². The highest BCUT2D eigenvalue weighted by molar-refractivity contribution is 5.81. The number of likely N-dealkylation sites (tertiary alicyclic amines) is 2. The minimum absolute atomic E-state index is 0.0431. The first-order valence-electron chi connectivity index (χ1n) is 8.41. The Hall–Kier alpha value is -1.79. The number of carbonyl (C=O) groups is 3. The van der Waals surface area contributed by atoms with Gasteiger partial charge in [-0.25, -0.2) is 4.79 Å². The van der Waals surface area contributed by atoms with Crippen LogP contribution in [0, 0.1) is 11.8 Å². The Labute approximate surface area is 137 Å². The number of rotatable bonds is 4. The summed E-state index contributed by atoms with van der Waals surface area (Å²) in [5, 5.41) is 8.96. The van der Waals surface area contributed by atoms with E-state index in [-0.39, 0.29) is 24.4 Å². The third kappa shape index (κ3) is 4.36. The number of urea groups is 1. The fraction of sp³-hybridized carbons (Fsp3) is 0.812. The number of amides is 3. The molecule has 0 bridgehead atoms. The molecule has 2 aliphatic rings. The Morgan fingerprint density at radius 2 is 1.74 bits per heavy atom. The Bertz CT molecular complexity index is 462. The lowest BCUT2D eigenvalue weighted by Gasteiger charge is -2.36. The van der Waals surface area contributed by atoms with Crippen molar-refractivity contribution < 1.29 is 19.5 Å². The summed E-state index contributed by atoms with van der Waals surface area (Å²) in [6.45, 7) is 4.56. The zero-order valence-electron chi connectivity index (χ0n) is 14.0. The predicted molar refractivity (Wildman–Crippen MR) is 84.9 cm³/mol. The van der Waals surface area contributed by atoms with Crippen LogP contribution in [0.2, 0.25) is 0 Å². The average Bonchev–Trinajstić information content (AvgIpc) is 3.07. The maximum atomic E-state index is 12.5. The molecular weight excluding hydrogens is 298 g/mol. The van der Waals surface area contributed by atoms with E-state index in [2.05, 4.69) is 0 Å². The number of aliphatic carboxylic acids is 1. The largest absolute Gasteiger partial charge is 0.481 e. The van der Waals surface area contributed by atoms with Gasteiger partial charge in [0.15, 0.2) is 0 Å². The lowest BCUT2D eigenvalue weighted by molar-refractivity contribution is -0.143. The van der Waals surface area contributed by atoms with Crippen molar-refractivity contribution in [3.8, 4) is 0 Å². The number of hydrogen-bond acceptors (Lipinski definition) is 3. The number of carboxylic acid groups (broad SMARTS) is 1. The van der Waals surface area contributed by atoms with Gasteiger partial charge in [-0.3, -0.25) is 9.59 Å². The molecule has 23 heavy (non-hydrogen) atoms. The van der Waals surface area contributed by atoms with Gasteiger partial charge in [-0.15, -0.1) is 0 Å². The molecule has 3 amide bonds. The van der Waals surface area contributed by atoms with Crippen molar-refractivity contribution in [3.05, 3.63) is 0 Å². The van der Waals surface area contributed by atoms with E-state index in [9.17, 15) is 14.4 Å². The van der Waals surface area contributed by atoms with Gasteiger partial charge in [-0.2, -0.15) is 0 Å².